The molecule has 0 bridgehead atoms. The largest absolute Gasteiger partial charge is 0.493 e. The van der Waals surface area contributed by atoms with Gasteiger partial charge >= 0.3 is 0 Å². The minimum atomic E-state index is -0.254. The second-order valence-corrected chi connectivity index (χ2v) is 6.97. The summed E-state index contributed by atoms with van der Waals surface area (Å²) in [7, 11) is 0. The van der Waals surface area contributed by atoms with Crippen LogP contribution < -0.4 is 14.8 Å². The van der Waals surface area contributed by atoms with E-state index in [4.69, 9.17) is 14.2 Å². The standard InChI is InChI=1S/C19H20FN5O3/c20-15-1-2-16-13(4-6-27-16)14(15)7-21-19-22-8-17(18-24-23-11-25(18)19)28-10-12-3-5-26-9-12/h1-2,8,11-12H,3-7,9-10H2,(H,21,22). The Morgan fingerprint density at radius 3 is 3.18 bits per heavy atom. The van der Waals surface area contributed by atoms with Crippen LogP contribution in [0.4, 0.5) is 10.3 Å². The Labute approximate surface area is 160 Å². The summed E-state index contributed by atoms with van der Waals surface area (Å²) in [4.78, 5) is 4.42. The molecule has 1 unspecified atom stereocenters. The first-order valence-corrected chi connectivity index (χ1v) is 9.36. The topological polar surface area (TPSA) is 82.8 Å². The third-order valence-corrected chi connectivity index (χ3v) is 5.16. The molecule has 4 heterocycles. The molecular formula is C19H20FN5O3. The molecule has 0 saturated carbocycles. The van der Waals surface area contributed by atoms with Gasteiger partial charge in [-0.3, -0.25) is 0 Å². The predicted molar refractivity (Wildman–Crippen MR) is 98.1 cm³/mol. The molecule has 28 heavy (non-hydrogen) atoms. The highest BCUT2D eigenvalue weighted by Crippen LogP contribution is 2.31. The molecule has 0 radical (unpaired) electrons. The molecule has 1 fully saturated rings. The summed E-state index contributed by atoms with van der Waals surface area (Å²) >= 11 is 0. The van der Waals surface area contributed by atoms with E-state index in [2.05, 4.69) is 20.5 Å². The molecule has 9 heteroatoms. The lowest BCUT2D eigenvalue weighted by molar-refractivity contribution is 0.167. The second-order valence-electron chi connectivity index (χ2n) is 6.97. The molecule has 1 N–H and O–H groups in total. The number of anilines is 1. The van der Waals surface area contributed by atoms with E-state index in [1.54, 1.807) is 23.0 Å². The molecule has 5 rings (SSSR count). The maximum absolute atomic E-state index is 14.3. The number of fused-ring (bicyclic) bond motifs is 2. The van der Waals surface area contributed by atoms with Crippen LogP contribution in [0.2, 0.25) is 0 Å². The van der Waals surface area contributed by atoms with E-state index < -0.39 is 0 Å². The van der Waals surface area contributed by atoms with Gasteiger partial charge in [-0.25, -0.2) is 13.8 Å². The Kier molecular flexibility index (Phi) is 4.44. The molecule has 1 atom stereocenters. The van der Waals surface area contributed by atoms with E-state index in [9.17, 15) is 4.39 Å². The van der Waals surface area contributed by atoms with E-state index in [0.29, 0.717) is 55.1 Å². The van der Waals surface area contributed by atoms with Gasteiger partial charge in [0, 0.05) is 36.6 Å². The number of aromatic nitrogens is 4. The van der Waals surface area contributed by atoms with Gasteiger partial charge in [-0.15, -0.1) is 10.2 Å². The maximum Gasteiger partial charge on any atom is 0.210 e. The number of nitrogens with one attached hydrogen (secondary N) is 1. The Morgan fingerprint density at radius 2 is 2.29 bits per heavy atom. The number of benzene rings is 1. The molecule has 8 nitrogen and oxygen atoms in total. The monoisotopic (exact) mass is 385 g/mol. The number of ether oxygens (including phenoxy) is 3. The van der Waals surface area contributed by atoms with Crippen LogP contribution >= 0.6 is 0 Å². The maximum atomic E-state index is 14.3. The zero-order valence-electron chi connectivity index (χ0n) is 15.2. The van der Waals surface area contributed by atoms with Crippen molar-refractivity contribution in [2.75, 3.05) is 31.7 Å². The number of rotatable bonds is 6. The van der Waals surface area contributed by atoms with E-state index in [1.165, 1.54) is 6.07 Å². The van der Waals surface area contributed by atoms with E-state index in [-0.39, 0.29) is 12.4 Å². The number of hydrogen-bond donors (Lipinski definition) is 1. The van der Waals surface area contributed by atoms with Gasteiger partial charge in [-0.1, -0.05) is 0 Å². The van der Waals surface area contributed by atoms with Crippen molar-refractivity contribution in [2.24, 2.45) is 5.92 Å². The second kappa shape index (κ2) is 7.23. The SMILES string of the molecule is Fc1ccc2c(c1CNc1ncc(OCC3CCOC3)c3nncn13)CCO2. The molecule has 3 aromatic rings. The van der Waals surface area contributed by atoms with E-state index in [0.717, 1.165) is 24.3 Å². The lowest BCUT2D eigenvalue weighted by atomic mass is 10.0. The van der Waals surface area contributed by atoms with Crippen molar-refractivity contribution in [3.05, 3.63) is 41.6 Å². The Bertz CT molecular complexity index is 1000. The van der Waals surface area contributed by atoms with Crippen molar-refractivity contribution in [1.29, 1.82) is 0 Å². The highest BCUT2D eigenvalue weighted by Gasteiger charge is 2.21. The van der Waals surface area contributed by atoms with Crippen molar-refractivity contribution < 1.29 is 18.6 Å². The first-order valence-electron chi connectivity index (χ1n) is 9.36. The van der Waals surface area contributed by atoms with Gasteiger partial charge in [0.1, 0.15) is 17.9 Å². The first-order chi connectivity index (χ1) is 13.8. The average Bonchev–Trinajstić information content (AvgIpc) is 3.47. The molecule has 0 aliphatic carbocycles. The molecule has 1 aromatic carbocycles. The molecule has 1 saturated heterocycles. The van der Waals surface area contributed by atoms with Crippen molar-refractivity contribution in [3.63, 3.8) is 0 Å². The molecule has 2 aliphatic heterocycles. The lowest BCUT2D eigenvalue weighted by Gasteiger charge is -2.14. The third-order valence-electron chi connectivity index (χ3n) is 5.16. The lowest BCUT2D eigenvalue weighted by Crippen LogP contribution is -2.13. The molecule has 0 spiro atoms. The van der Waals surface area contributed by atoms with Crippen LogP contribution in [-0.2, 0) is 17.7 Å². The van der Waals surface area contributed by atoms with Crippen molar-refractivity contribution in [3.8, 4) is 11.5 Å². The van der Waals surface area contributed by atoms with Crippen molar-refractivity contribution >= 4 is 11.6 Å². The fourth-order valence-corrected chi connectivity index (χ4v) is 3.63. The van der Waals surface area contributed by atoms with Crippen LogP contribution in [0.1, 0.15) is 17.5 Å². The Balaban J connectivity index is 1.35. The summed E-state index contributed by atoms with van der Waals surface area (Å²) in [6, 6.07) is 3.12. The Morgan fingerprint density at radius 1 is 1.32 bits per heavy atom. The minimum Gasteiger partial charge on any atom is -0.493 e. The number of halogens is 1. The van der Waals surface area contributed by atoms with Crippen LogP contribution in [0, 0.1) is 11.7 Å². The molecule has 2 aliphatic rings. The van der Waals surface area contributed by atoms with Crippen LogP contribution in [0.15, 0.2) is 24.7 Å². The molecular weight excluding hydrogens is 365 g/mol. The van der Waals surface area contributed by atoms with E-state index in [1.807, 2.05) is 0 Å². The summed E-state index contributed by atoms with van der Waals surface area (Å²) in [6.07, 6.45) is 4.88. The third kappa shape index (κ3) is 3.11. The number of hydrogen-bond acceptors (Lipinski definition) is 7. The van der Waals surface area contributed by atoms with Gasteiger partial charge in [0.2, 0.25) is 11.6 Å². The quantitative estimate of drug-likeness (QED) is 0.697. The van der Waals surface area contributed by atoms with Crippen molar-refractivity contribution in [2.45, 2.75) is 19.4 Å². The average molecular weight is 385 g/mol. The summed E-state index contributed by atoms with van der Waals surface area (Å²) in [5.74, 6) is 1.96. The van der Waals surface area contributed by atoms with Gasteiger partial charge in [0.15, 0.2) is 5.75 Å². The number of nitrogens with zero attached hydrogens (tertiary/aromatic N) is 4. The van der Waals surface area contributed by atoms with E-state index >= 15 is 0 Å². The van der Waals surface area contributed by atoms with Crippen LogP contribution in [0.5, 0.6) is 11.5 Å². The predicted octanol–water partition coefficient (Wildman–Crippen LogP) is 2.23. The zero-order valence-corrected chi connectivity index (χ0v) is 15.2. The highest BCUT2D eigenvalue weighted by molar-refractivity contribution is 5.56. The first kappa shape index (κ1) is 17.2. The zero-order chi connectivity index (χ0) is 18.9. The Hall–Kier alpha value is -2.94. The van der Waals surface area contributed by atoms with Crippen molar-refractivity contribution in [1.82, 2.24) is 19.6 Å². The van der Waals surface area contributed by atoms with Gasteiger partial charge in [0.05, 0.1) is 26.0 Å². The fraction of sp³-hybridized carbons (Fsp3) is 0.421. The molecule has 2 aromatic heterocycles. The summed E-state index contributed by atoms with van der Waals surface area (Å²) in [5.41, 5.74) is 2.07. The summed E-state index contributed by atoms with van der Waals surface area (Å²) in [5, 5.41) is 11.3. The smallest absolute Gasteiger partial charge is 0.210 e. The normalized spacial score (nSPS) is 18.2. The van der Waals surface area contributed by atoms with Gasteiger partial charge < -0.3 is 19.5 Å². The highest BCUT2D eigenvalue weighted by atomic mass is 19.1. The fourth-order valence-electron chi connectivity index (χ4n) is 3.63. The van der Waals surface area contributed by atoms with Gasteiger partial charge in [0.25, 0.3) is 0 Å². The van der Waals surface area contributed by atoms with Crippen LogP contribution in [-0.4, -0.2) is 46.0 Å². The minimum absolute atomic E-state index is 0.254. The molecule has 146 valence electrons. The summed E-state index contributed by atoms with van der Waals surface area (Å²) in [6.45, 7) is 2.92. The van der Waals surface area contributed by atoms with Gasteiger partial charge in [-0.2, -0.15) is 0 Å². The van der Waals surface area contributed by atoms with Crippen LogP contribution in [0.25, 0.3) is 5.65 Å². The van der Waals surface area contributed by atoms with Gasteiger partial charge in [-0.05, 0) is 18.6 Å². The van der Waals surface area contributed by atoms with Crippen LogP contribution in [0.3, 0.4) is 0 Å². The molecule has 0 amide bonds. The summed E-state index contributed by atoms with van der Waals surface area (Å²) < 4.78 is 32.8.